The lowest BCUT2D eigenvalue weighted by Gasteiger charge is -2.39. The Morgan fingerprint density at radius 1 is 1.15 bits per heavy atom. The summed E-state index contributed by atoms with van der Waals surface area (Å²) < 4.78 is 10.6. The third-order valence-corrected chi connectivity index (χ3v) is 5.27. The molecule has 6 heteroatoms. The summed E-state index contributed by atoms with van der Waals surface area (Å²) in [6.07, 6.45) is 1.36. The number of esters is 1. The molecule has 0 unspecified atom stereocenters. The zero-order valence-electron chi connectivity index (χ0n) is 14.7. The monoisotopic (exact) mass is 366 g/mol. The van der Waals surface area contributed by atoms with Crippen LogP contribution in [-0.4, -0.2) is 29.2 Å². The lowest BCUT2D eigenvalue weighted by Crippen LogP contribution is -2.44. The SMILES string of the molecule is CCOC(=O)C1=C(O)C[C@@H]2C(=O)c3ccccc3C(=O)[C@@H]2[C@H]1c1ccco1. The van der Waals surface area contributed by atoms with E-state index in [4.69, 9.17) is 9.15 Å². The molecule has 0 saturated carbocycles. The van der Waals surface area contributed by atoms with Crippen LogP contribution in [0.5, 0.6) is 0 Å². The van der Waals surface area contributed by atoms with Crippen LogP contribution in [0.1, 0.15) is 45.7 Å². The third-order valence-electron chi connectivity index (χ3n) is 5.27. The molecule has 3 atom stereocenters. The molecule has 0 spiro atoms. The number of aliphatic hydroxyl groups excluding tert-OH is 1. The molecular weight excluding hydrogens is 348 g/mol. The van der Waals surface area contributed by atoms with Gasteiger partial charge in [-0.25, -0.2) is 4.79 Å². The highest BCUT2D eigenvalue weighted by molar-refractivity contribution is 6.17. The Morgan fingerprint density at radius 2 is 1.85 bits per heavy atom. The molecule has 0 radical (unpaired) electrons. The van der Waals surface area contributed by atoms with E-state index in [0.717, 1.165) is 0 Å². The Hall–Kier alpha value is -3.15. The van der Waals surface area contributed by atoms with Crippen LogP contribution in [0.4, 0.5) is 0 Å². The van der Waals surface area contributed by atoms with Gasteiger partial charge in [-0.05, 0) is 19.1 Å². The average molecular weight is 366 g/mol. The highest BCUT2D eigenvalue weighted by Crippen LogP contribution is 2.49. The Labute approximate surface area is 155 Å². The van der Waals surface area contributed by atoms with E-state index in [1.807, 2.05) is 0 Å². The van der Waals surface area contributed by atoms with Gasteiger partial charge in [0, 0.05) is 29.4 Å². The average Bonchev–Trinajstić information content (AvgIpc) is 3.19. The number of ether oxygens (including phenoxy) is 1. The number of aliphatic hydroxyl groups is 1. The molecule has 1 heterocycles. The van der Waals surface area contributed by atoms with Gasteiger partial charge in [-0.15, -0.1) is 0 Å². The van der Waals surface area contributed by atoms with Crippen molar-refractivity contribution in [3.8, 4) is 0 Å². The topological polar surface area (TPSA) is 93.8 Å². The second kappa shape index (κ2) is 6.54. The van der Waals surface area contributed by atoms with Crippen molar-refractivity contribution >= 4 is 17.5 Å². The molecule has 6 nitrogen and oxygen atoms in total. The van der Waals surface area contributed by atoms with Crippen molar-refractivity contribution in [3.05, 3.63) is 70.9 Å². The number of hydrogen-bond acceptors (Lipinski definition) is 6. The summed E-state index contributed by atoms with van der Waals surface area (Å²) >= 11 is 0. The van der Waals surface area contributed by atoms with Crippen LogP contribution in [0.25, 0.3) is 0 Å². The molecule has 0 saturated heterocycles. The predicted molar refractivity (Wildman–Crippen MR) is 94.4 cm³/mol. The van der Waals surface area contributed by atoms with Gasteiger partial charge in [0.1, 0.15) is 11.5 Å². The van der Waals surface area contributed by atoms with E-state index >= 15 is 0 Å². The number of furan rings is 1. The lowest BCUT2D eigenvalue weighted by molar-refractivity contribution is -0.139. The first-order valence-electron chi connectivity index (χ1n) is 8.84. The fourth-order valence-electron chi connectivity index (χ4n) is 4.16. The fraction of sp³-hybridized carbons (Fsp3) is 0.286. The van der Waals surface area contributed by atoms with Crippen LogP contribution >= 0.6 is 0 Å². The third kappa shape index (κ3) is 2.60. The van der Waals surface area contributed by atoms with Crippen molar-refractivity contribution in [2.24, 2.45) is 11.8 Å². The van der Waals surface area contributed by atoms with Crippen LogP contribution in [0.3, 0.4) is 0 Å². The highest BCUT2D eigenvalue weighted by atomic mass is 16.5. The van der Waals surface area contributed by atoms with E-state index in [1.165, 1.54) is 6.26 Å². The standard InChI is InChI=1S/C21H18O6/c1-2-26-21(25)17-14(22)10-13-16(18(17)15-8-5-9-27-15)20(24)12-7-4-3-6-11(12)19(13)23/h3-9,13,16,18,22H,2,10H2,1H3/t13-,16-,18+/m0/s1. The van der Waals surface area contributed by atoms with Gasteiger partial charge in [-0.2, -0.15) is 0 Å². The molecule has 27 heavy (non-hydrogen) atoms. The van der Waals surface area contributed by atoms with Gasteiger partial charge in [0.05, 0.1) is 24.4 Å². The van der Waals surface area contributed by atoms with Gasteiger partial charge in [-0.1, -0.05) is 24.3 Å². The second-order valence-electron chi connectivity index (χ2n) is 6.68. The summed E-state index contributed by atoms with van der Waals surface area (Å²) in [6.45, 7) is 1.79. The smallest absolute Gasteiger partial charge is 0.338 e. The first kappa shape index (κ1) is 17.3. The van der Waals surface area contributed by atoms with Crippen molar-refractivity contribution in [3.63, 3.8) is 0 Å². The van der Waals surface area contributed by atoms with Gasteiger partial charge < -0.3 is 14.3 Å². The number of ketones is 2. The molecule has 0 aliphatic heterocycles. The van der Waals surface area contributed by atoms with Crippen molar-refractivity contribution in [2.75, 3.05) is 6.61 Å². The van der Waals surface area contributed by atoms with Crippen molar-refractivity contribution in [1.29, 1.82) is 0 Å². The molecule has 1 aromatic carbocycles. The molecule has 2 aliphatic rings. The molecule has 1 N–H and O–H groups in total. The molecule has 0 bridgehead atoms. The minimum atomic E-state index is -0.873. The summed E-state index contributed by atoms with van der Waals surface area (Å²) in [7, 11) is 0. The van der Waals surface area contributed by atoms with Crippen molar-refractivity contribution in [2.45, 2.75) is 19.3 Å². The lowest BCUT2D eigenvalue weighted by atomic mass is 9.61. The number of allylic oxidation sites excluding steroid dienone is 1. The number of carbonyl (C=O) groups is 3. The van der Waals surface area contributed by atoms with Gasteiger partial charge >= 0.3 is 5.97 Å². The number of Topliss-reactive ketones (excluding diaryl/α,β-unsaturated/α-hetero) is 2. The van der Waals surface area contributed by atoms with Crippen LogP contribution in [0.15, 0.2) is 58.4 Å². The molecular formula is C21H18O6. The number of rotatable bonds is 3. The first-order valence-corrected chi connectivity index (χ1v) is 8.84. The van der Waals surface area contributed by atoms with Crippen LogP contribution in [0.2, 0.25) is 0 Å². The molecule has 0 amide bonds. The zero-order valence-corrected chi connectivity index (χ0v) is 14.7. The van der Waals surface area contributed by atoms with E-state index < -0.39 is 23.7 Å². The molecule has 2 aromatic rings. The minimum Gasteiger partial charge on any atom is -0.512 e. The number of carbonyl (C=O) groups excluding carboxylic acids is 3. The maximum Gasteiger partial charge on any atom is 0.338 e. The minimum absolute atomic E-state index is 0.00594. The Balaban J connectivity index is 1.90. The molecule has 2 aliphatic carbocycles. The van der Waals surface area contributed by atoms with E-state index in [0.29, 0.717) is 16.9 Å². The fourth-order valence-corrected chi connectivity index (χ4v) is 4.16. The van der Waals surface area contributed by atoms with Crippen LogP contribution in [-0.2, 0) is 9.53 Å². The van der Waals surface area contributed by atoms with E-state index in [1.54, 1.807) is 43.3 Å². The number of hydrogen-bond donors (Lipinski definition) is 1. The second-order valence-corrected chi connectivity index (χ2v) is 6.68. The highest BCUT2D eigenvalue weighted by Gasteiger charge is 2.52. The van der Waals surface area contributed by atoms with Gasteiger partial charge in [0.2, 0.25) is 0 Å². The Kier molecular flexibility index (Phi) is 4.18. The zero-order chi connectivity index (χ0) is 19.1. The largest absolute Gasteiger partial charge is 0.512 e. The number of fused-ring (bicyclic) bond motifs is 2. The van der Waals surface area contributed by atoms with E-state index in [-0.39, 0.29) is 35.9 Å². The summed E-state index contributed by atoms with van der Waals surface area (Å²) in [5.74, 6) is -3.46. The van der Waals surface area contributed by atoms with Gasteiger partial charge in [0.25, 0.3) is 0 Å². The summed E-state index contributed by atoms with van der Waals surface area (Å²) in [5.41, 5.74) is 0.688. The molecule has 0 fully saturated rings. The Bertz CT molecular complexity index is 953. The Morgan fingerprint density at radius 3 is 2.48 bits per heavy atom. The molecule has 138 valence electrons. The molecule has 4 rings (SSSR count). The van der Waals surface area contributed by atoms with Crippen molar-refractivity contribution < 1.29 is 28.6 Å². The maximum absolute atomic E-state index is 13.3. The van der Waals surface area contributed by atoms with E-state index in [2.05, 4.69) is 0 Å². The van der Waals surface area contributed by atoms with E-state index in [9.17, 15) is 19.5 Å². The van der Waals surface area contributed by atoms with Crippen LogP contribution in [0, 0.1) is 11.8 Å². The summed E-state index contributed by atoms with van der Waals surface area (Å²) in [4.78, 5) is 38.9. The van der Waals surface area contributed by atoms with Crippen molar-refractivity contribution in [1.82, 2.24) is 0 Å². The quantitative estimate of drug-likeness (QED) is 0.836. The summed E-state index contributed by atoms with van der Waals surface area (Å²) in [5, 5.41) is 10.6. The maximum atomic E-state index is 13.3. The normalized spacial score (nSPS) is 24.4. The van der Waals surface area contributed by atoms with Gasteiger partial charge in [-0.3, -0.25) is 9.59 Å². The van der Waals surface area contributed by atoms with Gasteiger partial charge in [0.15, 0.2) is 11.6 Å². The predicted octanol–water partition coefficient (Wildman–Crippen LogP) is 3.45. The molecule has 1 aromatic heterocycles. The number of benzene rings is 1. The summed E-state index contributed by atoms with van der Waals surface area (Å²) in [6, 6.07) is 9.92. The van der Waals surface area contributed by atoms with Crippen LogP contribution < -0.4 is 0 Å². The first-order chi connectivity index (χ1) is 13.0.